The molecule has 0 aliphatic heterocycles. The monoisotopic (exact) mass is 299 g/mol. The van der Waals surface area contributed by atoms with E-state index in [0.29, 0.717) is 22.6 Å². The zero-order chi connectivity index (χ0) is 14.8. The molecule has 0 bridgehead atoms. The molecule has 0 unspecified atom stereocenters. The van der Waals surface area contributed by atoms with Crippen LogP contribution in [-0.2, 0) is 5.75 Å². The number of carbonyl (C=O) groups is 1. The zero-order valence-corrected chi connectivity index (χ0v) is 11.9. The van der Waals surface area contributed by atoms with E-state index in [0.717, 1.165) is 10.3 Å². The minimum Gasteiger partial charge on any atom is -0.475 e. The fraction of sp³-hybridized carbons (Fsp3) is 0.0625. The van der Waals surface area contributed by atoms with Crippen LogP contribution in [0.25, 0.3) is 11.0 Å². The molecule has 1 heterocycles. The van der Waals surface area contributed by atoms with Crippen LogP contribution in [0.2, 0.25) is 0 Å². The number of nitrogen functional groups attached to an aromatic ring is 1. The van der Waals surface area contributed by atoms with Gasteiger partial charge in [-0.1, -0.05) is 18.2 Å². The molecule has 3 rings (SSSR count). The van der Waals surface area contributed by atoms with Crippen molar-refractivity contribution in [3.05, 3.63) is 59.9 Å². The van der Waals surface area contributed by atoms with E-state index in [1.807, 2.05) is 42.5 Å². The van der Waals surface area contributed by atoms with E-state index >= 15 is 0 Å². The number of carboxylic acids is 1. The summed E-state index contributed by atoms with van der Waals surface area (Å²) in [4.78, 5) is 12.4. The van der Waals surface area contributed by atoms with Crippen molar-refractivity contribution in [2.45, 2.75) is 10.6 Å². The molecule has 0 atom stereocenters. The molecule has 0 aliphatic rings. The van der Waals surface area contributed by atoms with Crippen molar-refractivity contribution in [3.63, 3.8) is 0 Å². The number of rotatable bonds is 4. The normalized spacial score (nSPS) is 10.9. The van der Waals surface area contributed by atoms with Crippen molar-refractivity contribution in [2.24, 2.45) is 0 Å². The second kappa shape index (κ2) is 5.54. The van der Waals surface area contributed by atoms with E-state index in [4.69, 9.17) is 10.2 Å². The highest BCUT2D eigenvalue weighted by atomic mass is 32.2. The number of nitrogens with two attached hydrogens (primary N) is 1. The largest absolute Gasteiger partial charge is 0.475 e. The van der Waals surface area contributed by atoms with Gasteiger partial charge in [0.15, 0.2) is 0 Å². The third kappa shape index (κ3) is 2.73. The standard InChI is InChI=1S/C16H13NO3S/c17-10-5-7-11(8-6-10)21-9-13-12-3-1-2-4-14(12)20-15(13)16(18)19/h1-8H,9,17H2,(H,18,19). The van der Waals surface area contributed by atoms with E-state index in [9.17, 15) is 9.90 Å². The topological polar surface area (TPSA) is 76.5 Å². The summed E-state index contributed by atoms with van der Waals surface area (Å²) in [6.07, 6.45) is 0. The summed E-state index contributed by atoms with van der Waals surface area (Å²) in [5.74, 6) is -0.499. The van der Waals surface area contributed by atoms with Crippen molar-refractivity contribution >= 4 is 34.4 Å². The van der Waals surface area contributed by atoms with E-state index < -0.39 is 5.97 Å². The summed E-state index contributed by atoms with van der Waals surface area (Å²) in [7, 11) is 0. The minimum absolute atomic E-state index is 0.0131. The Morgan fingerprint density at radius 3 is 2.57 bits per heavy atom. The Morgan fingerprint density at radius 2 is 1.86 bits per heavy atom. The van der Waals surface area contributed by atoms with Crippen molar-refractivity contribution in [3.8, 4) is 0 Å². The maximum absolute atomic E-state index is 11.3. The molecule has 0 aliphatic carbocycles. The number of anilines is 1. The Labute approximate surface area is 125 Å². The second-order valence-corrected chi connectivity index (χ2v) is 5.62. The molecule has 0 saturated heterocycles. The fourth-order valence-electron chi connectivity index (χ4n) is 2.13. The first kappa shape index (κ1) is 13.6. The van der Waals surface area contributed by atoms with Gasteiger partial charge < -0.3 is 15.3 Å². The van der Waals surface area contributed by atoms with Crippen molar-refractivity contribution in [2.75, 3.05) is 5.73 Å². The lowest BCUT2D eigenvalue weighted by molar-refractivity contribution is 0.0664. The van der Waals surface area contributed by atoms with E-state index in [1.165, 1.54) is 0 Å². The number of fused-ring (bicyclic) bond motifs is 1. The summed E-state index contributed by atoms with van der Waals surface area (Å²) in [6.45, 7) is 0. The minimum atomic E-state index is -1.04. The van der Waals surface area contributed by atoms with Crippen LogP contribution >= 0.6 is 11.8 Å². The Morgan fingerprint density at radius 1 is 1.14 bits per heavy atom. The number of benzene rings is 2. The second-order valence-electron chi connectivity index (χ2n) is 4.57. The molecule has 3 aromatic rings. The number of thioether (sulfide) groups is 1. The van der Waals surface area contributed by atoms with Gasteiger partial charge in [0.2, 0.25) is 5.76 Å². The summed E-state index contributed by atoms with van der Waals surface area (Å²) in [5.41, 5.74) is 7.67. The molecule has 0 spiro atoms. The lowest BCUT2D eigenvalue weighted by atomic mass is 10.1. The maximum atomic E-state index is 11.3. The third-order valence-electron chi connectivity index (χ3n) is 3.16. The molecular weight excluding hydrogens is 286 g/mol. The third-order valence-corrected chi connectivity index (χ3v) is 4.19. The van der Waals surface area contributed by atoms with Crippen LogP contribution in [0.5, 0.6) is 0 Å². The maximum Gasteiger partial charge on any atom is 0.372 e. The summed E-state index contributed by atoms with van der Waals surface area (Å²) in [6, 6.07) is 14.9. The number of hydrogen-bond donors (Lipinski definition) is 2. The molecule has 0 saturated carbocycles. The van der Waals surface area contributed by atoms with Gasteiger partial charge in [-0.2, -0.15) is 0 Å². The average Bonchev–Trinajstić information content (AvgIpc) is 2.86. The molecule has 0 radical (unpaired) electrons. The molecule has 3 N–H and O–H groups in total. The number of hydrogen-bond acceptors (Lipinski definition) is 4. The molecule has 21 heavy (non-hydrogen) atoms. The molecule has 106 valence electrons. The van der Waals surface area contributed by atoms with Gasteiger partial charge in [0.05, 0.1) is 0 Å². The molecule has 0 amide bonds. The van der Waals surface area contributed by atoms with Crippen LogP contribution in [0, 0.1) is 0 Å². The molecule has 2 aromatic carbocycles. The van der Waals surface area contributed by atoms with Gasteiger partial charge in [-0.3, -0.25) is 0 Å². The Kier molecular flexibility index (Phi) is 3.58. The first-order valence-electron chi connectivity index (χ1n) is 6.37. The Hall–Kier alpha value is -2.40. The summed E-state index contributed by atoms with van der Waals surface area (Å²) >= 11 is 1.55. The van der Waals surface area contributed by atoms with E-state index in [2.05, 4.69) is 0 Å². The van der Waals surface area contributed by atoms with Crippen LogP contribution in [0.4, 0.5) is 5.69 Å². The zero-order valence-electron chi connectivity index (χ0n) is 11.1. The van der Waals surface area contributed by atoms with Crippen LogP contribution < -0.4 is 5.73 Å². The predicted octanol–water partition coefficient (Wildman–Crippen LogP) is 4.01. The lowest BCUT2D eigenvalue weighted by Gasteiger charge is -2.02. The Bertz CT molecular complexity index is 793. The van der Waals surface area contributed by atoms with Gasteiger partial charge in [-0.05, 0) is 30.3 Å². The van der Waals surface area contributed by atoms with Gasteiger partial charge in [0.1, 0.15) is 5.58 Å². The van der Waals surface area contributed by atoms with Crippen LogP contribution in [-0.4, -0.2) is 11.1 Å². The smallest absolute Gasteiger partial charge is 0.372 e. The number of furan rings is 1. The van der Waals surface area contributed by atoms with Crippen LogP contribution in [0.1, 0.15) is 16.1 Å². The van der Waals surface area contributed by atoms with E-state index in [-0.39, 0.29) is 5.76 Å². The number of aromatic carboxylic acids is 1. The molecule has 5 heteroatoms. The van der Waals surface area contributed by atoms with Gasteiger partial charge in [-0.15, -0.1) is 11.8 Å². The summed E-state index contributed by atoms with van der Waals surface area (Å²) < 4.78 is 5.44. The first-order chi connectivity index (χ1) is 10.1. The van der Waals surface area contributed by atoms with Crippen molar-refractivity contribution in [1.29, 1.82) is 0 Å². The van der Waals surface area contributed by atoms with Crippen molar-refractivity contribution < 1.29 is 14.3 Å². The van der Waals surface area contributed by atoms with Gasteiger partial charge in [-0.25, -0.2) is 4.79 Å². The van der Waals surface area contributed by atoms with Gasteiger partial charge >= 0.3 is 5.97 Å². The highest BCUT2D eigenvalue weighted by Crippen LogP contribution is 2.32. The number of carboxylic acid groups (broad SMARTS) is 1. The lowest BCUT2D eigenvalue weighted by Crippen LogP contribution is -1.97. The van der Waals surface area contributed by atoms with Crippen LogP contribution in [0.3, 0.4) is 0 Å². The molecular formula is C16H13NO3S. The molecule has 4 nitrogen and oxygen atoms in total. The highest BCUT2D eigenvalue weighted by molar-refractivity contribution is 7.98. The number of para-hydroxylation sites is 1. The first-order valence-corrected chi connectivity index (χ1v) is 7.36. The quantitative estimate of drug-likeness (QED) is 0.562. The SMILES string of the molecule is Nc1ccc(SCc2c(C(=O)O)oc3ccccc23)cc1. The van der Waals surface area contributed by atoms with Gasteiger partial charge in [0.25, 0.3) is 0 Å². The highest BCUT2D eigenvalue weighted by Gasteiger charge is 2.19. The van der Waals surface area contributed by atoms with Crippen molar-refractivity contribution in [1.82, 2.24) is 0 Å². The predicted molar refractivity (Wildman–Crippen MR) is 83.6 cm³/mol. The van der Waals surface area contributed by atoms with Crippen LogP contribution in [0.15, 0.2) is 57.8 Å². The average molecular weight is 299 g/mol. The summed E-state index contributed by atoms with van der Waals surface area (Å²) in [5, 5.41) is 10.1. The van der Waals surface area contributed by atoms with Gasteiger partial charge in [0, 0.05) is 27.3 Å². The van der Waals surface area contributed by atoms with E-state index in [1.54, 1.807) is 17.8 Å². The molecule has 1 aromatic heterocycles. The molecule has 0 fully saturated rings. The fourth-order valence-corrected chi connectivity index (χ4v) is 3.06. The Balaban J connectivity index is 1.93.